The van der Waals surface area contributed by atoms with Crippen molar-refractivity contribution in [2.45, 2.75) is 76.7 Å². The summed E-state index contributed by atoms with van der Waals surface area (Å²) < 4.78 is 0. The summed E-state index contributed by atoms with van der Waals surface area (Å²) in [5, 5.41) is 8.51. The maximum absolute atomic E-state index is 10.3. The summed E-state index contributed by atoms with van der Waals surface area (Å²) in [6.07, 6.45) is 12.9. The number of carboxylic acids is 1. The second-order valence-electron chi connectivity index (χ2n) is 5.68. The molecular weight excluding hydrogens is 226 g/mol. The monoisotopic (exact) mass is 255 g/mol. The predicted octanol–water partition coefficient (Wildman–Crippen LogP) is 3.68. The van der Waals surface area contributed by atoms with Gasteiger partial charge in [0.1, 0.15) is 0 Å². The third-order valence-electron chi connectivity index (χ3n) is 4.10. The highest BCUT2D eigenvalue weighted by atomic mass is 16.4. The molecule has 0 aromatic carbocycles. The van der Waals surface area contributed by atoms with Crippen molar-refractivity contribution in [1.29, 1.82) is 0 Å². The van der Waals surface area contributed by atoms with Gasteiger partial charge in [0.2, 0.25) is 0 Å². The number of carbonyl (C=O) groups is 1. The van der Waals surface area contributed by atoms with E-state index in [1.165, 1.54) is 57.9 Å². The molecule has 1 aliphatic rings. The summed E-state index contributed by atoms with van der Waals surface area (Å²) in [4.78, 5) is 12.8. The first kappa shape index (κ1) is 15.5. The topological polar surface area (TPSA) is 40.5 Å². The zero-order chi connectivity index (χ0) is 13.2. The highest BCUT2D eigenvalue weighted by Gasteiger charge is 2.19. The molecule has 3 heteroatoms. The second kappa shape index (κ2) is 9.37. The Kier molecular flexibility index (Phi) is 8.06. The summed E-state index contributed by atoms with van der Waals surface area (Å²) >= 11 is 0. The van der Waals surface area contributed by atoms with Crippen LogP contribution in [-0.4, -0.2) is 35.6 Å². The van der Waals surface area contributed by atoms with Crippen molar-refractivity contribution < 1.29 is 9.90 Å². The smallest absolute Gasteiger partial charge is 0.303 e. The highest BCUT2D eigenvalue weighted by molar-refractivity contribution is 5.66. The van der Waals surface area contributed by atoms with Crippen molar-refractivity contribution in [3.8, 4) is 0 Å². The Balaban J connectivity index is 1.80. The molecule has 1 heterocycles. The lowest BCUT2D eigenvalue weighted by Gasteiger charge is -2.18. The molecule has 0 amide bonds. The average molecular weight is 255 g/mol. The van der Waals surface area contributed by atoms with Gasteiger partial charge in [-0.1, -0.05) is 38.5 Å². The van der Waals surface area contributed by atoms with Gasteiger partial charge in [-0.2, -0.15) is 0 Å². The van der Waals surface area contributed by atoms with Crippen LogP contribution >= 0.6 is 0 Å². The lowest BCUT2D eigenvalue weighted by Crippen LogP contribution is -2.24. The van der Waals surface area contributed by atoms with Crippen molar-refractivity contribution in [3.05, 3.63) is 0 Å². The van der Waals surface area contributed by atoms with Crippen molar-refractivity contribution >= 4 is 5.97 Å². The number of unbranched alkanes of at least 4 members (excludes halogenated alkanes) is 6. The normalized spacial score (nSPS) is 20.4. The van der Waals surface area contributed by atoms with Crippen LogP contribution in [0.4, 0.5) is 0 Å². The van der Waals surface area contributed by atoms with Gasteiger partial charge in [0, 0.05) is 12.5 Å². The summed E-state index contributed by atoms with van der Waals surface area (Å²) in [5.41, 5.74) is 0. The second-order valence-corrected chi connectivity index (χ2v) is 5.68. The van der Waals surface area contributed by atoms with Gasteiger partial charge in [-0.3, -0.25) is 4.79 Å². The molecule has 0 aromatic rings. The van der Waals surface area contributed by atoms with Gasteiger partial charge in [0.25, 0.3) is 0 Å². The van der Waals surface area contributed by atoms with Crippen LogP contribution in [-0.2, 0) is 4.79 Å². The van der Waals surface area contributed by atoms with Crippen LogP contribution in [0.1, 0.15) is 70.6 Å². The SMILES string of the molecule is CN1CCC[C@H]1CCCCCCCCCC(=O)O. The molecular formula is C15H29NO2. The quantitative estimate of drug-likeness (QED) is 0.605. The molecule has 0 spiro atoms. The lowest BCUT2D eigenvalue weighted by atomic mass is 10.0. The molecule has 3 nitrogen and oxygen atoms in total. The molecule has 0 aliphatic carbocycles. The molecule has 0 aromatic heterocycles. The molecule has 1 aliphatic heterocycles. The number of hydrogen-bond acceptors (Lipinski definition) is 2. The fraction of sp³-hybridized carbons (Fsp3) is 0.933. The van der Waals surface area contributed by atoms with Gasteiger partial charge < -0.3 is 10.0 Å². The van der Waals surface area contributed by atoms with Crippen molar-refractivity contribution in [2.24, 2.45) is 0 Å². The van der Waals surface area contributed by atoms with Crippen LogP contribution in [0.25, 0.3) is 0 Å². The van der Waals surface area contributed by atoms with Gasteiger partial charge in [0.05, 0.1) is 0 Å². The van der Waals surface area contributed by atoms with Gasteiger partial charge in [-0.05, 0) is 39.3 Å². The fourth-order valence-corrected chi connectivity index (χ4v) is 2.88. The van der Waals surface area contributed by atoms with E-state index in [0.29, 0.717) is 6.42 Å². The number of hydrogen-bond donors (Lipinski definition) is 1. The van der Waals surface area contributed by atoms with Gasteiger partial charge in [-0.25, -0.2) is 0 Å². The highest BCUT2D eigenvalue weighted by Crippen LogP contribution is 2.20. The van der Waals surface area contributed by atoms with E-state index >= 15 is 0 Å². The Labute approximate surface area is 112 Å². The van der Waals surface area contributed by atoms with Crippen molar-refractivity contribution in [2.75, 3.05) is 13.6 Å². The first-order valence-electron chi connectivity index (χ1n) is 7.62. The van der Waals surface area contributed by atoms with Crippen molar-refractivity contribution in [3.63, 3.8) is 0 Å². The number of aliphatic carboxylic acids is 1. The Bertz CT molecular complexity index is 231. The van der Waals surface area contributed by atoms with E-state index in [9.17, 15) is 4.79 Å². The van der Waals surface area contributed by atoms with Crippen LogP contribution in [0.15, 0.2) is 0 Å². The summed E-state index contributed by atoms with van der Waals surface area (Å²) in [6.45, 7) is 1.29. The predicted molar refractivity (Wildman–Crippen MR) is 74.8 cm³/mol. The molecule has 0 saturated carbocycles. The first-order valence-corrected chi connectivity index (χ1v) is 7.62. The van der Waals surface area contributed by atoms with Crippen LogP contribution < -0.4 is 0 Å². The molecule has 1 fully saturated rings. The number of rotatable bonds is 10. The molecule has 1 N–H and O–H groups in total. The fourth-order valence-electron chi connectivity index (χ4n) is 2.88. The van der Waals surface area contributed by atoms with Gasteiger partial charge >= 0.3 is 5.97 Å². The van der Waals surface area contributed by atoms with E-state index < -0.39 is 5.97 Å². The van der Waals surface area contributed by atoms with E-state index in [0.717, 1.165) is 18.9 Å². The number of carboxylic acid groups (broad SMARTS) is 1. The minimum absolute atomic E-state index is 0.341. The molecule has 0 bridgehead atoms. The maximum Gasteiger partial charge on any atom is 0.303 e. The molecule has 18 heavy (non-hydrogen) atoms. The van der Waals surface area contributed by atoms with E-state index in [-0.39, 0.29) is 0 Å². The van der Waals surface area contributed by atoms with E-state index in [1.54, 1.807) is 0 Å². The Morgan fingerprint density at radius 1 is 1.11 bits per heavy atom. The van der Waals surface area contributed by atoms with Gasteiger partial charge in [0.15, 0.2) is 0 Å². The number of likely N-dealkylation sites (tertiary alicyclic amines) is 1. The van der Waals surface area contributed by atoms with Gasteiger partial charge in [-0.15, -0.1) is 0 Å². The minimum atomic E-state index is -0.657. The Hall–Kier alpha value is -0.570. The molecule has 106 valence electrons. The standard InChI is InChI=1S/C15H29NO2/c1-16-13-9-11-14(16)10-7-5-3-2-4-6-8-12-15(17)18/h14H,2-13H2,1H3,(H,17,18)/t14-/m1/s1. The Morgan fingerprint density at radius 2 is 1.72 bits per heavy atom. The zero-order valence-corrected chi connectivity index (χ0v) is 11.9. The molecule has 1 atom stereocenters. The largest absolute Gasteiger partial charge is 0.481 e. The average Bonchev–Trinajstić information content (AvgIpc) is 2.72. The third kappa shape index (κ3) is 7.00. The first-order chi connectivity index (χ1) is 8.70. The third-order valence-corrected chi connectivity index (χ3v) is 4.10. The molecule has 0 unspecified atom stereocenters. The molecule has 1 saturated heterocycles. The summed E-state index contributed by atoms with van der Waals surface area (Å²) in [7, 11) is 2.25. The van der Waals surface area contributed by atoms with Crippen LogP contribution in [0.2, 0.25) is 0 Å². The maximum atomic E-state index is 10.3. The minimum Gasteiger partial charge on any atom is -0.481 e. The van der Waals surface area contributed by atoms with E-state index in [1.807, 2.05) is 0 Å². The van der Waals surface area contributed by atoms with Crippen LogP contribution in [0.5, 0.6) is 0 Å². The zero-order valence-electron chi connectivity index (χ0n) is 11.9. The number of nitrogens with zero attached hydrogens (tertiary/aromatic N) is 1. The molecule has 1 rings (SSSR count). The van der Waals surface area contributed by atoms with Crippen LogP contribution in [0.3, 0.4) is 0 Å². The van der Waals surface area contributed by atoms with Crippen LogP contribution in [0, 0.1) is 0 Å². The lowest BCUT2D eigenvalue weighted by molar-refractivity contribution is -0.137. The molecule has 0 radical (unpaired) electrons. The Morgan fingerprint density at radius 3 is 2.28 bits per heavy atom. The van der Waals surface area contributed by atoms with E-state index in [4.69, 9.17) is 5.11 Å². The summed E-state index contributed by atoms with van der Waals surface area (Å²) in [5.74, 6) is -0.657. The van der Waals surface area contributed by atoms with E-state index in [2.05, 4.69) is 11.9 Å². The summed E-state index contributed by atoms with van der Waals surface area (Å²) in [6, 6.07) is 0.848. The van der Waals surface area contributed by atoms with Crippen molar-refractivity contribution in [1.82, 2.24) is 4.90 Å².